The van der Waals surface area contributed by atoms with Gasteiger partial charge in [-0.05, 0) is 43.0 Å². The first-order chi connectivity index (χ1) is 13.5. The standard InChI is InChI=1S/C21H16F2N2O3/c22-12-8-9-15(23)18(10-12)25-19(26)11-28-21(27)20-13-4-1-2-6-16(13)24-17-7-3-5-14(17)20/h1-2,4,6,8-10H,3,5,7,11H2,(H,25,26). The molecule has 0 aliphatic heterocycles. The Hall–Kier alpha value is -3.35. The number of halogens is 2. The van der Waals surface area contributed by atoms with Crippen molar-refractivity contribution in [3.8, 4) is 0 Å². The number of rotatable bonds is 4. The second-order valence-corrected chi connectivity index (χ2v) is 6.53. The van der Waals surface area contributed by atoms with Crippen LogP contribution in [0.15, 0.2) is 42.5 Å². The molecule has 1 aliphatic rings. The third kappa shape index (κ3) is 3.43. The maximum atomic E-state index is 13.6. The fourth-order valence-corrected chi connectivity index (χ4v) is 3.43. The number of fused-ring (bicyclic) bond motifs is 2. The van der Waals surface area contributed by atoms with E-state index >= 15 is 0 Å². The van der Waals surface area contributed by atoms with Crippen LogP contribution < -0.4 is 5.32 Å². The van der Waals surface area contributed by atoms with Crippen molar-refractivity contribution in [2.24, 2.45) is 0 Å². The molecule has 0 saturated heterocycles. The Kier molecular flexibility index (Phi) is 4.73. The van der Waals surface area contributed by atoms with E-state index in [1.807, 2.05) is 18.2 Å². The highest BCUT2D eigenvalue weighted by molar-refractivity contribution is 6.06. The van der Waals surface area contributed by atoms with Crippen molar-refractivity contribution in [2.45, 2.75) is 19.3 Å². The molecule has 0 fully saturated rings. The SMILES string of the molecule is O=C(COC(=O)c1c2c(nc3ccccc13)CCC2)Nc1cc(F)ccc1F. The van der Waals surface area contributed by atoms with Crippen molar-refractivity contribution < 1.29 is 23.1 Å². The van der Waals surface area contributed by atoms with Crippen LogP contribution in [-0.4, -0.2) is 23.5 Å². The van der Waals surface area contributed by atoms with Gasteiger partial charge in [0.25, 0.3) is 5.91 Å². The number of para-hydroxylation sites is 1. The molecule has 0 spiro atoms. The summed E-state index contributed by atoms with van der Waals surface area (Å²) in [4.78, 5) is 29.4. The van der Waals surface area contributed by atoms with E-state index in [0.717, 1.165) is 48.7 Å². The minimum atomic E-state index is -0.779. The van der Waals surface area contributed by atoms with Crippen molar-refractivity contribution in [3.05, 3.63) is 70.9 Å². The normalized spacial score (nSPS) is 12.6. The monoisotopic (exact) mass is 382 g/mol. The molecule has 28 heavy (non-hydrogen) atoms. The van der Waals surface area contributed by atoms with E-state index in [1.165, 1.54) is 0 Å². The van der Waals surface area contributed by atoms with Crippen LogP contribution in [0.4, 0.5) is 14.5 Å². The number of aryl methyl sites for hydroxylation is 1. The molecule has 1 aromatic heterocycles. The summed E-state index contributed by atoms with van der Waals surface area (Å²) in [5, 5.41) is 2.87. The minimum Gasteiger partial charge on any atom is -0.452 e. The zero-order valence-electron chi connectivity index (χ0n) is 14.8. The van der Waals surface area contributed by atoms with E-state index in [9.17, 15) is 18.4 Å². The van der Waals surface area contributed by atoms with Gasteiger partial charge in [-0.1, -0.05) is 18.2 Å². The summed E-state index contributed by atoms with van der Waals surface area (Å²) in [6.07, 6.45) is 2.41. The van der Waals surface area contributed by atoms with Crippen LogP contribution in [0, 0.1) is 11.6 Å². The number of esters is 1. The summed E-state index contributed by atoms with van der Waals surface area (Å²) in [5.74, 6) is -2.86. The van der Waals surface area contributed by atoms with E-state index in [2.05, 4.69) is 10.3 Å². The summed E-state index contributed by atoms with van der Waals surface area (Å²) in [6.45, 7) is -0.611. The zero-order valence-corrected chi connectivity index (χ0v) is 14.8. The van der Waals surface area contributed by atoms with Crippen LogP contribution in [0.2, 0.25) is 0 Å². The van der Waals surface area contributed by atoms with E-state index in [4.69, 9.17) is 4.74 Å². The summed E-state index contributed by atoms with van der Waals surface area (Å²) in [7, 11) is 0. The molecule has 142 valence electrons. The molecule has 4 rings (SSSR count). The molecule has 7 heteroatoms. The quantitative estimate of drug-likeness (QED) is 0.697. The number of amides is 1. The molecule has 1 amide bonds. The summed E-state index contributed by atoms with van der Waals surface area (Å²) >= 11 is 0. The summed E-state index contributed by atoms with van der Waals surface area (Å²) in [6, 6.07) is 9.97. The predicted molar refractivity (Wildman–Crippen MR) is 99.0 cm³/mol. The molecule has 3 aromatic rings. The van der Waals surface area contributed by atoms with Gasteiger partial charge in [0.05, 0.1) is 16.8 Å². The first kappa shape index (κ1) is 18.0. The maximum Gasteiger partial charge on any atom is 0.339 e. The Bertz CT molecular complexity index is 1100. The van der Waals surface area contributed by atoms with Crippen LogP contribution in [0.25, 0.3) is 10.9 Å². The Morgan fingerprint density at radius 2 is 1.93 bits per heavy atom. The van der Waals surface area contributed by atoms with Crippen LogP contribution in [0.5, 0.6) is 0 Å². The van der Waals surface area contributed by atoms with Gasteiger partial charge in [0.2, 0.25) is 0 Å². The fourth-order valence-electron chi connectivity index (χ4n) is 3.43. The number of hydrogen-bond acceptors (Lipinski definition) is 4. The van der Waals surface area contributed by atoms with Gasteiger partial charge in [-0.15, -0.1) is 0 Å². The van der Waals surface area contributed by atoms with E-state index < -0.39 is 30.1 Å². The second kappa shape index (κ2) is 7.34. The number of hydrogen-bond donors (Lipinski definition) is 1. The lowest BCUT2D eigenvalue weighted by Crippen LogP contribution is -2.22. The van der Waals surface area contributed by atoms with Gasteiger partial charge in [0, 0.05) is 17.1 Å². The number of nitrogens with zero attached hydrogens (tertiary/aromatic N) is 1. The highest BCUT2D eigenvalue weighted by Crippen LogP contribution is 2.30. The molecule has 2 aromatic carbocycles. The number of carbonyl (C=O) groups is 2. The van der Waals surface area contributed by atoms with Crippen LogP contribution in [0.1, 0.15) is 28.0 Å². The molecule has 0 saturated carbocycles. The van der Waals surface area contributed by atoms with E-state index in [1.54, 1.807) is 6.07 Å². The van der Waals surface area contributed by atoms with Gasteiger partial charge >= 0.3 is 5.97 Å². The third-order valence-corrected chi connectivity index (χ3v) is 4.66. The Balaban J connectivity index is 1.53. The first-order valence-corrected chi connectivity index (χ1v) is 8.85. The fraction of sp³-hybridized carbons (Fsp3) is 0.190. The highest BCUT2D eigenvalue weighted by atomic mass is 19.1. The lowest BCUT2D eigenvalue weighted by molar-refractivity contribution is -0.119. The Morgan fingerprint density at radius 1 is 1.11 bits per heavy atom. The van der Waals surface area contributed by atoms with Gasteiger partial charge in [-0.3, -0.25) is 9.78 Å². The van der Waals surface area contributed by atoms with Crippen molar-refractivity contribution in [1.29, 1.82) is 0 Å². The average Bonchev–Trinajstić information content (AvgIpc) is 3.15. The van der Waals surface area contributed by atoms with Gasteiger partial charge in [0.15, 0.2) is 6.61 Å². The lowest BCUT2D eigenvalue weighted by atomic mass is 10.0. The maximum absolute atomic E-state index is 13.6. The minimum absolute atomic E-state index is 0.309. The number of pyridine rings is 1. The second-order valence-electron chi connectivity index (χ2n) is 6.53. The summed E-state index contributed by atoms with van der Waals surface area (Å²) < 4.78 is 32.0. The molecule has 0 unspecified atom stereocenters. The molecule has 0 radical (unpaired) electrons. The number of carbonyl (C=O) groups excluding carboxylic acids is 2. The molecule has 0 atom stereocenters. The van der Waals surface area contributed by atoms with Crippen LogP contribution in [-0.2, 0) is 22.4 Å². The Morgan fingerprint density at radius 3 is 2.79 bits per heavy atom. The Labute approximate surface area is 159 Å². The zero-order chi connectivity index (χ0) is 19.7. The van der Waals surface area contributed by atoms with Crippen molar-refractivity contribution in [3.63, 3.8) is 0 Å². The van der Waals surface area contributed by atoms with Crippen LogP contribution >= 0.6 is 0 Å². The number of ether oxygens (including phenoxy) is 1. The topological polar surface area (TPSA) is 68.3 Å². The molecule has 1 N–H and O–H groups in total. The van der Waals surface area contributed by atoms with Gasteiger partial charge < -0.3 is 10.1 Å². The average molecular weight is 382 g/mol. The van der Waals surface area contributed by atoms with Crippen molar-refractivity contribution in [2.75, 3.05) is 11.9 Å². The predicted octanol–water partition coefficient (Wildman–Crippen LogP) is 3.80. The van der Waals surface area contributed by atoms with E-state index in [0.29, 0.717) is 16.5 Å². The van der Waals surface area contributed by atoms with Gasteiger partial charge in [0.1, 0.15) is 11.6 Å². The van der Waals surface area contributed by atoms with E-state index in [-0.39, 0.29) is 5.69 Å². The molecule has 0 bridgehead atoms. The molecule has 1 aliphatic carbocycles. The molecule has 1 heterocycles. The number of anilines is 1. The number of aromatic nitrogens is 1. The first-order valence-electron chi connectivity index (χ1n) is 8.85. The molecular weight excluding hydrogens is 366 g/mol. The molecule has 5 nitrogen and oxygen atoms in total. The molecular formula is C21H16F2N2O3. The van der Waals surface area contributed by atoms with Crippen LogP contribution in [0.3, 0.4) is 0 Å². The third-order valence-electron chi connectivity index (χ3n) is 4.66. The van der Waals surface area contributed by atoms with Crippen molar-refractivity contribution >= 4 is 28.5 Å². The van der Waals surface area contributed by atoms with Gasteiger partial charge in [-0.25, -0.2) is 13.6 Å². The van der Waals surface area contributed by atoms with Crippen molar-refractivity contribution in [1.82, 2.24) is 4.98 Å². The lowest BCUT2D eigenvalue weighted by Gasteiger charge is -2.12. The largest absolute Gasteiger partial charge is 0.452 e. The highest BCUT2D eigenvalue weighted by Gasteiger charge is 2.25. The number of benzene rings is 2. The summed E-state index contributed by atoms with van der Waals surface area (Å²) in [5.41, 5.74) is 2.53. The number of nitrogens with one attached hydrogen (secondary N) is 1. The smallest absolute Gasteiger partial charge is 0.339 e. The van der Waals surface area contributed by atoms with Gasteiger partial charge in [-0.2, -0.15) is 0 Å².